The van der Waals surface area contributed by atoms with Gasteiger partial charge in [0.2, 0.25) is 10.0 Å². The normalized spacial score (nSPS) is 13.5. The largest absolute Gasteiger partial charge is 0.396 e. The molecule has 0 spiro atoms. The molecule has 1 rings (SSSR count). The van der Waals surface area contributed by atoms with Crippen LogP contribution in [0.1, 0.15) is 19.8 Å². The van der Waals surface area contributed by atoms with E-state index in [1.54, 1.807) is 0 Å². The summed E-state index contributed by atoms with van der Waals surface area (Å²) in [6.45, 7) is 1.70. The zero-order chi connectivity index (χ0) is 13.8. The first-order chi connectivity index (χ1) is 8.40. The molecule has 0 radical (unpaired) electrons. The SMILES string of the molecule is CCC(CCO)NS(=O)(=O)c1ccc(F)c(N)c1. The number of rotatable bonds is 6. The van der Waals surface area contributed by atoms with Crippen LogP contribution in [0, 0.1) is 5.82 Å². The van der Waals surface area contributed by atoms with E-state index in [1.807, 2.05) is 6.92 Å². The molecule has 0 aliphatic rings. The molecule has 102 valence electrons. The summed E-state index contributed by atoms with van der Waals surface area (Å²) < 4.78 is 39.3. The van der Waals surface area contributed by atoms with Gasteiger partial charge >= 0.3 is 0 Å². The fraction of sp³-hybridized carbons (Fsp3) is 0.455. The summed E-state index contributed by atoms with van der Waals surface area (Å²) in [5.74, 6) is -0.656. The van der Waals surface area contributed by atoms with Crippen LogP contribution >= 0.6 is 0 Å². The first-order valence-corrected chi connectivity index (χ1v) is 7.07. The van der Waals surface area contributed by atoms with Gasteiger partial charge in [-0.25, -0.2) is 17.5 Å². The van der Waals surface area contributed by atoms with Crippen LogP contribution in [0.25, 0.3) is 0 Å². The first-order valence-electron chi connectivity index (χ1n) is 5.59. The fourth-order valence-corrected chi connectivity index (χ4v) is 2.87. The third-order valence-corrected chi connectivity index (χ3v) is 4.09. The Morgan fingerprint density at radius 1 is 1.50 bits per heavy atom. The lowest BCUT2D eigenvalue weighted by Crippen LogP contribution is -2.35. The van der Waals surface area contributed by atoms with Crippen LogP contribution in [-0.4, -0.2) is 26.2 Å². The van der Waals surface area contributed by atoms with Gasteiger partial charge in [0.1, 0.15) is 5.82 Å². The summed E-state index contributed by atoms with van der Waals surface area (Å²) >= 11 is 0. The molecular formula is C11H17FN2O3S. The average molecular weight is 276 g/mol. The second-order valence-electron chi connectivity index (χ2n) is 3.92. The van der Waals surface area contributed by atoms with Gasteiger partial charge in [0, 0.05) is 12.6 Å². The van der Waals surface area contributed by atoms with Crippen molar-refractivity contribution in [2.45, 2.75) is 30.7 Å². The number of nitrogens with two attached hydrogens (primary N) is 1. The predicted octanol–water partition coefficient (Wildman–Crippen LogP) is 0.847. The van der Waals surface area contributed by atoms with E-state index in [9.17, 15) is 12.8 Å². The monoisotopic (exact) mass is 276 g/mol. The molecule has 1 aromatic rings. The highest BCUT2D eigenvalue weighted by Gasteiger charge is 2.19. The second-order valence-corrected chi connectivity index (χ2v) is 5.64. The van der Waals surface area contributed by atoms with Crippen molar-refractivity contribution >= 4 is 15.7 Å². The van der Waals surface area contributed by atoms with Gasteiger partial charge in [0.25, 0.3) is 0 Å². The lowest BCUT2D eigenvalue weighted by atomic mass is 10.2. The van der Waals surface area contributed by atoms with Gasteiger partial charge in [-0.2, -0.15) is 0 Å². The fourth-order valence-electron chi connectivity index (χ4n) is 1.48. The molecule has 4 N–H and O–H groups in total. The molecule has 0 aliphatic carbocycles. The lowest BCUT2D eigenvalue weighted by Gasteiger charge is -2.16. The van der Waals surface area contributed by atoms with E-state index in [4.69, 9.17) is 10.8 Å². The minimum absolute atomic E-state index is 0.0854. The van der Waals surface area contributed by atoms with E-state index in [0.29, 0.717) is 12.8 Å². The van der Waals surface area contributed by atoms with Crippen molar-refractivity contribution in [2.24, 2.45) is 0 Å². The van der Waals surface area contributed by atoms with Crippen LogP contribution in [0.5, 0.6) is 0 Å². The number of hydrogen-bond acceptors (Lipinski definition) is 4. The van der Waals surface area contributed by atoms with Gasteiger partial charge in [0.15, 0.2) is 0 Å². The average Bonchev–Trinajstić information content (AvgIpc) is 2.31. The molecular weight excluding hydrogens is 259 g/mol. The molecule has 0 heterocycles. The van der Waals surface area contributed by atoms with Gasteiger partial charge in [-0.05, 0) is 31.0 Å². The van der Waals surface area contributed by atoms with E-state index in [1.165, 1.54) is 0 Å². The Morgan fingerprint density at radius 2 is 2.17 bits per heavy atom. The van der Waals surface area contributed by atoms with Gasteiger partial charge in [-0.15, -0.1) is 0 Å². The van der Waals surface area contributed by atoms with Crippen LogP contribution in [0.4, 0.5) is 10.1 Å². The van der Waals surface area contributed by atoms with Crippen molar-refractivity contribution < 1.29 is 17.9 Å². The van der Waals surface area contributed by atoms with E-state index >= 15 is 0 Å². The number of sulfonamides is 1. The maximum absolute atomic E-state index is 13.0. The Hall–Kier alpha value is -1.18. The Labute approximate surface area is 106 Å². The number of anilines is 1. The van der Waals surface area contributed by atoms with Crippen LogP contribution in [0.2, 0.25) is 0 Å². The highest BCUT2D eigenvalue weighted by Crippen LogP contribution is 2.17. The van der Waals surface area contributed by atoms with Gasteiger partial charge < -0.3 is 10.8 Å². The summed E-state index contributed by atoms with van der Waals surface area (Å²) in [6.07, 6.45) is 0.878. The molecule has 0 saturated heterocycles. The smallest absolute Gasteiger partial charge is 0.240 e. The summed E-state index contributed by atoms with van der Waals surface area (Å²) in [7, 11) is -3.74. The topological polar surface area (TPSA) is 92.4 Å². The number of hydrogen-bond donors (Lipinski definition) is 3. The molecule has 1 unspecified atom stereocenters. The number of aliphatic hydroxyl groups excluding tert-OH is 1. The van der Waals surface area contributed by atoms with Crippen molar-refractivity contribution in [3.8, 4) is 0 Å². The standard InChI is InChI=1S/C11H17FN2O3S/c1-2-8(5-6-15)14-18(16,17)9-3-4-10(12)11(13)7-9/h3-4,7-8,14-15H,2,5-6,13H2,1H3. The molecule has 0 aromatic heterocycles. The molecule has 0 bridgehead atoms. The summed E-state index contributed by atoms with van der Waals surface area (Å²) in [5.41, 5.74) is 5.12. The quantitative estimate of drug-likeness (QED) is 0.671. The maximum atomic E-state index is 13.0. The Kier molecular flexibility index (Phi) is 5.06. The van der Waals surface area contributed by atoms with Crippen molar-refractivity contribution in [1.82, 2.24) is 4.72 Å². The van der Waals surface area contributed by atoms with E-state index < -0.39 is 15.8 Å². The van der Waals surface area contributed by atoms with Crippen LogP contribution < -0.4 is 10.5 Å². The molecule has 5 nitrogen and oxygen atoms in total. The van der Waals surface area contributed by atoms with Crippen LogP contribution in [0.15, 0.2) is 23.1 Å². The zero-order valence-corrected chi connectivity index (χ0v) is 10.9. The highest BCUT2D eigenvalue weighted by molar-refractivity contribution is 7.89. The number of benzene rings is 1. The minimum atomic E-state index is -3.74. The number of aliphatic hydroxyl groups is 1. The minimum Gasteiger partial charge on any atom is -0.396 e. The molecule has 0 saturated carbocycles. The van der Waals surface area contributed by atoms with Crippen molar-refractivity contribution in [2.75, 3.05) is 12.3 Å². The molecule has 1 aromatic carbocycles. The van der Waals surface area contributed by atoms with Gasteiger partial charge in [-0.3, -0.25) is 0 Å². The second kappa shape index (κ2) is 6.12. The van der Waals surface area contributed by atoms with E-state index in [-0.39, 0.29) is 23.2 Å². The van der Waals surface area contributed by atoms with Crippen LogP contribution in [-0.2, 0) is 10.0 Å². The van der Waals surface area contributed by atoms with Crippen molar-refractivity contribution in [3.05, 3.63) is 24.0 Å². The number of halogens is 1. The predicted molar refractivity (Wildman–Crippen MR) is 66.9 cm³/mol. The summed E-state index contributed by atoms with van der Waals surface area (Å²) in [5, 5.41) is 8.81. The van der Waals surface area contributed by atoms with Crippen LogP contribution in [0.3, 0.4) is 0 Å². The van der Waals surface area contributed by atoms with E-state index in [0.717, 1.165) is 18.2 Å². The van der Waals surface area contributed by atoms with E-state index in [2.05, 4.69) is 4.72 Å². The van der Waals surface area contributed by atoms with Crippen molar-refractivity contribution in [1.29, 1.82) is 0 Å². The molecule has 0 aliphatic heterocycles. The number of nitrogens with one attached hydrogen (secondary N) is 1. The molecule has 0 fully saturated rings. The Balaban J connectivity index is 2.95. The lowest BCUT2D eigenvalue weighted by molar-refractivity contribution is 0.270. The molecule has 1 atom stereocenters. The molecule has 18 heavy (non-hydrogen) atoms. The summed E-state index contributed by atoms with van der Waals surface area (Å²) in [4.78, 5) is -0.0854. The maximum Gasteiger partial charge on any atom is 0.240 e. The van der Waals surface area contributed by atoms with Crippen molar-refractivity contribution in [3.63, 3.8) is 0 Å². The third-order valence-electron chi connectivity index (χ3n) is 2.57. The zero-order valence-electron chi connectivity index (χ0n) is 10.1. The highest BCUT2D eigenvalue weighted by atomic mass is 32.2. The van der Waals surface area contributed by atoms with Gasteiger partial charge in [-0.1, -0.05) is 6.92 Å². The number of nitrogen functional groups attached to an aromatic ring is 1. The molecule has 0 amide bonds. The Bertz CT molecular complexity index is 505. The Morgan fingerprint density at radius 3 is 2.67 bits per heavy atom. The third kappa shape index (κ3) is 3.66. The molecule has 7 heteroatoms. The first kappa shape index (κ1) is 14.9. The summed E-state index contributed by atoms with van der Waals surface area (Å²) in [6, 6.07) is 2.88. The van der Waals surface area contributed by atoms with Gasteiger partial charge in [0.05, 0.1) is 10.6 Å².